The van der Waals surface area contributed by atoms with Gasteiger partial charge in [-0.05, 0) is 80.9 Å². The Morgan fingerprint density at radius 2 is 0.868 bits per heavy atom. The highest BCUT2D eigenvalue weighted by Crippen LogP contribution is 2.35. The van der Waals surface area contributed by atoms with Gasteiger partial charge in [-0.15, -0.1) is 0 Å². The van der Waals surface area contributed by atoms with Crippen molar-refractivity contribution in [1.29, 1.82) is 0 Å². The summed E-state index contributed by atoms with van der Waals surface area (Å²) in [5.74, 6) is 1.82. The fraction of sp³-hybridized carbons (Fsp3) is 0.167. The highest BCUT2D eigenvalue weighted by Gasteiger charge is 2.10. The molecule has 0 aromatic heterocycles. The molecule has 0 aliphatic rings. The number of fused-ring (bicyclic) bond motifs is 2. The molecule has 2 heteroatoms. The molecule has 0 atom stereocenters. The van der Waals surface area contributed by atoms with E-state index in [0.717, 1.165) is 48.7 Å². The first-order valence-electron chi connectivity index (χ1n) is 13.5. The van der Waals surface area contributed by atoms with Crippen LogP contribution in [0.25, 0.3) is 45.8 Å². The summed E-state index contributed by atoms with van der Waals surface area (Å²) < 4.78 is 11.7. The number of benzene rings is 5. The van der Waals surface area contributed by atoms with Crippen LogP contribution in [-0.2, 0) is 0 Å². The van der Waals surface area contributed by atoms with E-state index < -0.39 is 0 Å². The first kappa shape index (κ1) is 25.4. The Balaban J connectivity index is 1.58. The number of hydrogen-bond acceptors (Lipinski definition) is 2. The van der Waals surface area contributed by atoms with Gasteiger partial charge < -0.3 is 9.47 Å². The molecule has 0 saturated carbocycles. The number of hydrogen-bond donors (Lipinski definition) is 0. The van der Waals surface area contributed by atoms with E-state index in [0.29, 0.717) is 0 Å². The smallest absolute Gasteiger partial charge is 0.119 e. The standard InChI is InChI=1S/C36H34O2/c1-3-23-37-29-13-9-11-27(25-29)19-21-35-31-15-5-7-17-33(31)36(34-18-8-6-16-32(34)35)22-20-28-12-10-14-30(26-28)38-24-4-2/h5-22,25-26H,3-4,23-24H2,1-2H3/b21-19+,22-20+. The average molecular weight is 499 g/mol. The lowest BCUT2D eigenvalue weighted by Crippen LogP contribution is -1.94. The second-order valence-electron chi connectivity index (χ2n) is 9.43. The average Bonchev–Trinajstić information content (AvgIpc) is 2.97. The molecule has 0 spiro atoms. The minimum Gasteiger partial charge on any atom is -0.494 e. The first-order valence-corrected chi connectivity index (χ1v) is 13.5. The number of rotatable bonds is 10. The van der Waals surface area contributed by atoms with Crippen LogP contribution in [0.15, 0.2) is 97.1 Å². The van der Waals surface area contributed by atoms with E-state index in [1.54, 1.807) is 0 Å². The molecule has 2 nitrogen and oxygen atoms in total. The van der Waals surface area contributed by atoms with E-state index in [-0.39, 0.29) is 0 Å². The van der Waals surface area contributed by atoms with Gasteiger partial charge in [0.15, 0.2) is 0 Å². The van der Waals surface area contributed by atoms with Crippen molar-refractivity contribution >= 4 is 45.8 Å². The lowest BCUT2D eigenvalue weighted by atomic mass is 9.91. The van der Waals surface area contributed by atoms with Gasteiger partial charge in [0, 0.05) is 0 Å². The van der Waals surface area contributed by atoms with E-state index in [9.17, 15) is 0 Å². The van der Waals surface area contributed by atoms with Crippen molar-refractivity contribution in [3.05, 3.63) is 119 Å². The largest absolute Gasteiger partial charge is 0.494 e. The molecule has 5 rings (SSSR count). The van der Waals surface area contributed by atoms with Gasteiger partial charge in [0.1, 0.15) is 11.5 Å². The molecular formula is C36H34O2. The minimum atomic E-state index is 0.730. The minimum absolute atomic E-state index is 0.730. The summed E-state index contributed by atoms with van der Waals surface area (Å²) in [5, 5.41) is 4.95. The van der Waals surface area contributed by atoms with Crippen LogP contribution in [0.4, 0.5) is 0 Å². The van der Waals surface area contributed by atoms with E-state index in [2.05, 4.69) is 123 Å². The summed E-state index contributed by atoms with van der Waals surface area (Å²) in [6.45, 7) is 5.71. The van der Waals surface area contributed by atoms with Crippen LogP contribution >= 0.6 is 0 Å². The molecule has 0 fully saturated rings. The van der Waals surface area contributed by atoms with E-state index >= 15 is 0 Å². The second-order valence-corrected chi connectivity index (χ2v) is 9.43. The molecule has 0 radical (unpaired) electrons. The molecule has 0 unspecified atom stereocenters. The summed E-state index contributed by atoms with van der Waals surface area (Å²) in [7, 11) is 0. The van der Waals surface area contributed by atoms with Crippen molar-refractivity contribution in [3.8, 4) is 11.5 Å². The van der Waals surface area contributed by atoms with Crippen molar-refractivity contribution in [2.75, 3.05) is 13.2 Å². The van der Waals surface area contributed by atoms with Gasteiger partial charge in [-0.3, -0.25) is 0 Å². The molecule has 5 aromatic carbocycles. The normalized spacial score (nSPS) is 11.6. The van der Waals surface area contributed by atoms with Crippen molar-refractivity contribution in [2.24, 2.45) is 0 Å². The molecule has 0 saturated heterocycles. The monoisotopic (exact) mass is 498 g/mol. The quantitative estimate of drug-likeness (QED) is 0.141. The highest BCUT2D eigenvalue weighted by atomic mass is 16.5. The SMILES string of the molecule is CCCOc1cccc(/C=C/c2c3ccccc3c(/C=C/c3cccc(OCCC)c3)c3ccccc23)c1. The second kappa shape index (κ2) is 12.3. The van der Waals surface area contributed by atoms with Crippen LogP contribution in [0.2, 0.25) is 0 Å². The van der Waals surface area contributed by atoms with Crippen molar-refractivity contribution in [2.45, 2.75) is 26.7 Å². The van der Waals surface area contributed by atoms with Crippen molar-refractivity contribution in [1.82, 2.24) is 0 Å². The molecule has 38 heavy (non-hydrogen) atoms. The Morgan fingerprint density at radius 3 is 1.24 bits per heavy atom. The van der Waals surface area contributed by atoms with Crippen LogP contribution in [0.3, 0.4) is 0 Å². The molecule has 0 bridgehead atoms. The van der Waals surface area contributed by atoms with Crippen LogP contribution in [0.1, 0.15) is 48.9 Å². The summed E-state index contributed by atoms with van der Waals surface area (Å²) >= 11 is 0. The third-order valence-electron chi connectivity index (χ3n) is 6.56. The Kier molecular flexibility index (Phi) is 8.20. The zero-order valence-corrected chi connectivity index (χ0v) is 22.2. The van der Waals surface area contributed by atoms with Gasteiger partial charge in [0.2, 0.25) is 0 Å². The predicted molar refractivity (Wildman–Crippen MR) is 164 cm³/mol. The highest BCUT2D eigenvalue weighted by molar-refractivity contribution is 6.14. The lowest BCUT2D eigenvalue weighted by molar-refractivity contribution is 0.317. The summed E-state index contributed by atoms with van der Waals surface area (Å²) in [6.07, 6.45) is 10.8. The molecule has 0 aliphatic carbocycles. The van der Waals surface area contributed by atoms with Crippen molar-refractivity contribution < 1.29 is 9.47 Å². The summed E-state index contributed by atoms with van der Waals surface area (Å²) in [6, 6.07) is 34.0. The maximum absolute atomic E-state index is 5.84. The molecule has 0 amide bonds. The fourth-order valence-electron chi connectivity index (χ4n) is 4.77. The van der Waals surface area contributed by atoms with E-state index in [4.69, 9.17) is 9.47 Å². The van der Waals surface area contributed by atoms with E-state index in [1.807, 2.05) is 12.1 Å². The number of ether oxygens (including phenoxy) is 2. The molecule has 5 aromatic rings. The van der Waals surface area contributed by atoms with Gasteiger partial charge in [-0.2, -0.15) is 0 Å². The van der Waals surface area contributed by atoms with Gasteiger partial charge in [0.25, 0.3) is 0 Å². The molecular weight excluding hydrogens is 464 g/mol. The summed E-state index contributed by atoms with van der Waals surface area (Å²) in [5.41, 5.74) is 4.70. The maximum atomic E-state index is 5.84. The van der Waals surface area contributed by atoms with Gasteiger partial charge in [-0.25, -0.2) is 0 Å². The first-order chi connectivity index (χ1) is 18.8. The van der Waals surface area contributed by atoms with Crippen LogP contribution < -0.4 is 9.47 Å². The maximum Gasteiger partial charge on any atom is 0.119 e. The lowest BCUT2D eigenvalue weighted by Gasteiger charge is -2.13. The molecule has 0 aliphatic heterocycles. The summed E-state index contributed by atoms with van der Waals surface area (Å²) in [4.78, 5) is 0. The third kappa shape index (κ3) is 5.81. The Morgan fingerprint density at radius 1 is 0.474 bits per heavy atom. The zero-order valence-electron chi connectivity index (χ0n) is 22.2. The van der Waals surface area contributed by atoms with Gasteiger partial charge >= 0.3 is 0 Å². The molecule has 0 N–H and O–H groups in total. The van der Waals surface area contributed by atoms with Gasteiger partial charge in [-0.1, -0.05) is 111 Å². The topological polar surface area (TPSA) is 18.5 Å². The van der Waals surface area contributed by atoms with Crippen LogP contribution in [0.5, 0.6) is 11.5 Å². The predicted octanol–water partition coefficient (Wildman–Crippen LogP) is 9.91. The third-order valence-corrected chi connectivity index (χ3v) is 6.56. The Hall–Kier alpha value is -4.30. The van der Waals surface area contributed by atoms with Crippen molar-refractivity contribution in [3.63, 3.8) is 0 Å². The van der Waals surface area contributed by atoms with Crippen LogP contribution in [0, 0.1) is 0 Å². The molecule has 0 heterocycles. The fourth-order valence-corrected chi connectivity index (χ4v) is 4.77. The zero-order chi connectivity index (χ0) is 26.2. The van der Waals surface area contributed by atoms with Gasteiger partial charge in [0.05, 0.1) is 13.2 Å². The van der Waals surface area contributed by atoms with Crippen LogP contribution in [-0.4, -0.2) is 13.2 Å². The molecule has 190 valence electrons. The van der Waals surface area contributed by atoms with E-state index in [1.165, 1.54) is 32.7 Å². The Bertz CT molecular complexity index is 1420. The Labute approximate surface area is 225 Å².